The molecule has 0 bridgehead atoms. The second kappa shape index (κ2) is 11.0. The Hall–Kier alpha value is -1.84. The van der Waals surface area contributed by atoms with Crippen LogP contribution in [0.4, 0.5) is 0 Å². The molecule has 0 aliphatic carbocycles. The maximum Gasteiger partial charge on any atom is 0.309 e. The third-order valence-electron chi connectivity index (χ3n) is 4.95. The number of rotatable bonds is 10. The first-order valence-corrected chi connectivity index (χ1v) is 9.79. The molecule has 1 aromatic carbocycles. The summed E-state index contributed by atoms with van der Waals surface area (Å²) in [6.07, 6.45) is 2.91. The van der Waals surface area contributed by atoms with Gasteiger partial charge in [-0.15, -0.1) is 0 Å². The van der Waals surface area contributed by atoms with E-state index in [1.807, 2.05) is 27.7 Å². The average Bonchev–Trinajstić information content (AvgIpc) is 2.60. The van der Waals surface area contributed by atoms with E-state index in [0.29, 0.717) is 26.1 Å². The van der Waals surface area contributed by atoms with E-state index in [1.54, 1.807) is 0 Å². The highest BCUT2D eigenvalue weighted by Gasteiger charge is 2.22. The predicted molar refractivity (Wildman–Crippen MR) is 104 cm³/mol. The van der Waals surface area contributed by atoms with Crippen molar-refractivity contribution >= 4 is 11.9 Å². The Morgan fingerprint density at radius 3 is 1.38 bits per heavy atom. The summed E-state index contributed by atoms with van der Waals surface area (Å²) >= 11 is 0. The molecule has 26 heavy (non-hydrogen) atoms. The molecule has 0 aliphatic rings. The molecule has 0 aliphatic heterocycles. The highest BCUT2D eigenvalue weighted by Crippen LogP contribution is 2.24. The Kier molecular flexibility index (Phi) is 9.39. The molecule has 0 N–H and O–H groups in total. The van der Waals surface area contributed by atoms with E-state index in [4.69, 9.17) is 9.47 Å². The highest BCUT2D eigenvalue weighted by molar-refractivity contribution is 5.73. The minimum Gasteiger partial charge on any atom is -0.466 e. The van der Waals surface area contributed by atoms with Crippen LogP contribution in [0, 0.1) is 25.7 Å². The number of carbonyl (C=O) groups excluding carboxylic acids is 2. The van der Waals surface area contributed by atoms with Gasteiger partial charge in [-0.1, -0.05) is 26.0 Å². The Balaban J connectivity index is 2.96. The molecular weight excluding hydrogens is 328 g/mol. The molecule has 1 aromatic rings. The zero-order valence-corrected chi connectivity index (χ0v) is 17.2. The standard InChI is InChI=1S/C22H34O4/c1-7-17(21(23)25-9-3)13-19-11-16(6)20(12-15(19)5)14-18(8-2)22(24)26-10-4/h11-12,17-18H,7-10,13-14H2,1-6H3. The number of carbonyl (C=O) groups is 2. The van der Waals surface area contributed by atoms with Gasteiger partial charge < -0.3 is 9.47 Å². The van der Waals surface area contributed by atoms with E-state index < -0.39 is 0 Å². The van der Waals surface area contributed by atoms with Gasteiger partial charge >= 0.3 is 11.9 Å². The van der Waals surface area contributed by atoms with Gasteiger partial charge in [0.25, 0.3) is 0 Å². The Morgan fingerprint density at radius 2 is 1.12 bits per heavy atom. The maximum absolute atomic E-state index is 12.1. The SMILES string of the molecule is CCOC(=O)C(CC)Cc1cc(C)c(CC(CC)C(=O)OCC)cc1C. The molecule has 0 heterocycles. The molecular formula is C22H34O4. The number of ether oxygens (including phenoxy) is 2. The summed E-state index contributed by atoms with van der Waals surface area (Å²) in [5, 5.41) is 0. The van der Waals surface area contributed by atoms with Crippen LogP contribution in [0.25, 0.3) is 0 Å². The monoisotopic (exact) mass is 362 g/mol. The molecule has 2 unspecified atom stereocenters. The second-order valence-electron chi connectivity index (χ2n) is 6.83. The van der Waals surface area contributed by atoms with Crippen molar-refractivity contribution in [2.45, 2.75) is 67.2 Å². The van der Waals surface area contributed by atoms with E-state index in [-0.39, 0.29) is 23.8 Å². The van der Waals surface area contributed by atoms with Crippen LogP contribution in [0.15, 0.2) is 12.1 Å². The second-order valence-corrected chi connectivity index (χ2v) is 6.83. The normalized spacial score (nSPS) is 13.2. The summed E-state index contributed by atoms with van der Waals surface area (Å²) in [5.41, 5.74) is 4.67. The fourth-order valence-electron chi connectivity index (χ4n) is 3.22. The summed E-state index contributed by atoms with van der Waals surface area (Å²) in [4.78, 5) is 24.2. The van der Waals surface area contributed by atoms with E-state index in [9.17, 15) is 9.59 Å². The van der Waals surface area contributed by atoms with Crippen LogP contribution in [-0.4, -0.2) is 25.2 Å². The molecule has 4 heteroatoms. The average molecular weight is 363 g/mol. The van der Waals surface area contributed by atoms with Crippen molar-refractivity contribution in [3.05, 3.63) is 34.4 Å². The first kappa shape index (κ1) is 22.2. The summed E-state index contributed by atoms with van der Waals surface area (Å²) in [6.45, 7) is 12.7. The summed E-state index contributed by atoms with van der Waals surface area (Å²) in [7, 11) is 0. The van der Waals surface area contributed by atoms with Gasteiger partial charge in [-0.2, -0.15) is 0 Å². The molecule has 0 fully saturated rings. The van der Waals surface area contributed by atoms with Crippen LogP contribution < -0.4 is 0 Å². The van der Waals surface area contributed by atoms with Crippen LogP contribution in [-0.2, 0) is 31.9 Å². The van der Waals surface area contributed by atoms with Gasteiger partial charge in [0.05, 0.1) is 25.0 Å². The van der Waals surface area contributed by atoms with Gasteiger partial charge in [0.15, 0.2) is 0 Å². The number of hydrogen-bond acceptors (Lipinski definition) is 4. The number of esters is 2. The molecule has 0 spiro atoms. The Bertz CT molecular complexity index is 553. The fourth-order valence-corrected chi connectivity index (χ4v) is 3.22. The molecule has 0 aromatic heterocycles. The minimum atomic E-state index is -0.121. The zero-order valence-electron chi connectivity index (χ0n) is 17.2. The smallest absolute Gasteiger partial charge is 0.309 e. The van der Waals surface area contributed by atoms with E-state index in [0.717, 1.165) is 24.0 Å². The van der Waals surface area contributed by atoms with Crippen molar-refractivity contribution in [1.29, 1.82) is 0 Å². The van der Waals surface area contributed by atoms with Crippen LogP contribution in [0.1, 0.15) is 62.8 Å². The van der Waals surface area contributed by atoms with Gasteiger partial charge in [0, 0.05) is 0 Å². The quantitative estimate of drug-likeness (QED) is 0.572. The number of hydrogen-bond donors (Lipinski definition) is 0. The molecule has 2 atom stereocenters. The van der Waals surface area contributed by atoms with Crippen LogP contribution in [0.5, 0.6) is 0 Å². The molecule has 0 radical (unpaired) electrons. The van der Waals surface area contributed by atoms with Crippen LogP contribution >= 0.6 is 0 Å². The number of benzene rings is 1. The zero-order chi connectivity index (χ0) is 19.7. The Labute approximate surface area is 158 Å². The van der Waals surface area contributed by atoms with Crippen molar-refractivity contribution in [1.82, 2.24) is 0 Å². The van der Waals surface area contributed by atoms with E-state index in [1.165, 1.54) is 11.1 Å². The molecule has 0 amide bonds. The van der Waals surface area contributed by atoms with Crippen molar-refractivity contribution in [2.24, 2.45) is 11.8 Å². The minimum absolute atomic E-state index is 0.109. The molecule has 1 rings (SSSR count). The first-order valence-electron chi connectivity index (χ1n) is 9.79. The third kappa shape index (κ3) is 6.15. The van der Waals surface area contributed by atoms with Gasteiger partial charge in [0.1, 0.15) is 0 Å². The summed E-state index contributed by atoms with van der Waals surface area (Å²) in [6, 6.07) is 4.31. The Morgan fingerprint density at radius 1 is 0.769 bits per heavy atom. The lowest BCUT2D eigenvalue weighted by Gasteiger charge is -2.19. The van der Waals surface area contributed by atoms with Crippen molar-refractivity contribution in [3.63, 3.8) is 0 Å². The predicted octanol–water partition coefficient (Wildman–Crippen LogP) is 4.57. The largest absolute Gasteiger partial charge is 0.466 e. The van der Waals surface area contributed by atoms with Gasteiger partial charge in [-0.3, -0.25) is 9.59 Å². The lowest BCUT2D eigenvalue weighted by molar-refractivity contribution is -0.149. The van der Waals surface area contributed by atoms with Crippen molar-refractivity contribution < 1.29 is 19.1 Å². The van der Waals surface area contributed by atoms with Crippen molar-refractivity contribution in [2.75, 3.05) is 13.2 Å². The maximum atomic E-state index is 12.1. The first-order chi connectivity index (χ1) is 12.4. The summed E-state index contributed by atoms with van der Waals surface area (Å²) in [5.74, 6) is -0.461. The van der Waals surface area contributed by atoms with Gasteiger partial charge in [-0.05, 0) is 75.6 Å². The third-order valence-corrected chi connectivity index (χ3v) is 4.95. The van der Waals surface area contributed by atoms with Gasteiger partial charge in [0.2, 0.25) is 0 Å². The molecule has 4 nitrogen and oxygen atoms in total. The van der Waals surface area contributed by atoms with Crippen LogP contribution in [0.2, 0.25) is 0 Å². The van der Waals surface area contributed by atoms with Gasteiger partial charge in [-0.25, -0.2) is 0 Å². The topological polar surface area (TPSA) is 52.6 Å². The van der Waals surface area contributed by atoms with Crippen LogP contribution in [0.3, 0.4) is 0 Å². The highest BCUT2D eigenvalue weighted by atomic mass is 16.5. The molecule has 0 saturated heterocycles. The molecule has 146 valence electrons. The molecule has 0 saturated carbocycles. The lowest BCUT2D eigenvalue weighted by atomic mass is 9.88. The fraction of sp³-hybridized carbons (Fsp3) is 0.636. The summed E-state index contributed by atoms with van der Waals surface area (Å²) < 4.78 is 10.4. The lowest BCUT2D eigenvalue weighted by Crippen LogP contribution is -2.21. The van der Waals surface area contributed by atoms with E-state index in [2.05, 4.69) is 26.0 Å². The van der Waals surface area contributed by atoms with Crippen molar-refractivity contribution in [3.8, 4) is 0 Å². The van der Waals surface area contributed by atoms with E-state index >= 15 is 0 Å². The number of aryl methyl sites for hydroxylation is 2.